The van der Waals surface area contributed by atoms with Crippen LogP contribution in [0.5, 0.6) is 0 Å². The number of alkyl halides is 1. The van der Waals surface area contributed by atoms with Crippen molar-refractivity contribution in [3.63, 3.8) is 0 Å². The van der Waals surface area contributed by atoms with Crippen LogP contribution in [0.3, 0.4) is 0 Å². The van der Waals surface area contributed by atoms with Gasteiger partial charge in [-0.25, -0.2) is 4.39 Å². The minimum absolute atomic E-state index is 0.0554. The van der Waals surface area contributed by atoms with Crippen LogP contribution in [0, 0.1) is 0 Å². The molecule has 12 nitrogen and oxygen atoms in total. The summed E-state index contributed by atoms with van der Waals surface area (Å²) in [5.41, 5.74) is 1.97. The van der Waals surface area contributed by atoms with Gasteiger partial charge in [-0.3, -0.25) is 23.9 Å². The van der Waals surface area contributed by atoms with Crippen molar-refractivity contribution in [1.29, 1.82) is 0 Å². The molecular weight excluding hydrogens is 648 g/mol. The number of thiophene rings is 1. The number of benzene rings is 1. The van der Waals surface area contributed by atoms with Crippen molar-refractivity contribution in [2.75, 3.05) is 45.3 Å². The standard InChI is InChI=1S/C32H39FN5O7PS/c1-36(12-13-45-2)25-10-11-34-16-23(25)21-17-37(18-21)32(41)26-8-7-22-4-3-5-24(31(40)38(22)26)35-30(39)28-15-20-14-19(6-9-27(20)47-28)29(33)46(42,43)44/h6,9-11,14-16,21-22,24,26,29H,3-5,7-8,12-13,17-18H2,1-2H3,(H,35,39)(H2,42,43,44)/t22-,24-,26-,29-/m0/s1. The van der Waals surface area contributed by atoms with Gasteiger partial charge in [0.25, 0.3) is 5.91 Å². The van der Waals surface area contributed by atoms with E-state index < -0.39 is 31.5 Å². The first-order chi connectivity index (χ1) is 22.5. The van der Waals surface area contributed by atoms with Gasteiger partial charge >= 0.3 is 7.60 Å². The van der Waals surface area contributed by atoms with Crippen LogP contribution in [0.2, 0.25) is 0 Å². The quantitative estimate of drug-likeness (QED) is 0.271. The van der Waals surface area contributed by atoms with E-state index >= 15 is 0 Å². The second-order valence-corrected chi connectivity index (χ2v) is 15.3. The number of likely N-dealkylation sites (tertiary alicyclic amines) is 1. The van der Waals surface area contributed by atoms with E-state index in [1.165, 1.54) is 24.3 Å². The Bertz CT molecular complexity index is 1710. The fraction of sp³-hybridized carbons (Fsp3) is 0.500. The lowest BCUT2D eigenvalue weighted by atomic mass is 9.90. The smallest absolute Gasteiger partial charge is 0.363 e. The van der Waals surface area contributed by atoms with Crippen LogP contribution in [0.1, 0.15) is 64.7 Å². The van der Waals surface area contributed by atoms with Crippen molar-refractivity contribution in [3.8, 4) is 0 Å². The topological polar surface area (TPSA) is 153 Å². The molecule has 3 aliphatic rings. The van der Waals surface area contributed by atoms with Gasteiger partial charge in [-0.1, -0.05) is 6.07 Å². The van der Waals surface area contributed by atoms with E-state index in [1.54, 1.807) is 18.2 Å². The van der Waals surface area contributed by atoms with Crippen LogP contribution >= 0.6 is 18.9 Å². The number of likely N-dealkylation sites (N-methyl/N-ethyl adjacent to an activating group) is 1. The Kier molecular flexibility index (Phi) is 9.69. The first-order valence-electron chi connectivity index (χ1n) is 15.7. The predicted octanol–water partition coefficient (Wildman–Crippen LogP) is 3.79. The van der Waals surface area contributed by atoms with Crippen molar-refractivity contribution >= 4 is 52.4 Å². The molecule has 3 N–H and O–H groups in total. The van der Waals surface area contributed by atoms with Crippen LogP contribution in [-0.2, 0) is 18.9 Å². The summed E-state index contributed by atoms with van der Waals surface area (Å²) < 4.78 is 31.5. The van der Waals surface area contributed by atoms with Crippen LogP contribution in [-0.4, -0.2) is 101 Å². The average Bonchev–Trinajstić information content (AvgIpc) is 3.62. The van der Waals surface area contributed by atoms with E-state index in [0.29, 0.717) is 47.5 Å². The number of rotatable bonds is 10. The van der Waals surface area contributed by atoms with Gasteiger partial charge in [0.2, 0.25) is 17.7 Å². The number of anilines is 1. The Labute approximate surface area is 276 Å². The van der Waals surface area contributed by atoms with E-state index in [4.69, 9.17) is 4.74 Å². The Hall–Kier alpha value is -3.42. The zero-order valence-corrected chi connectivity index (χ0v) is 28.0. The number of carbonyl (C=O) groups is 3. The second-order valence-electron chi connectivity index (χ2n) is 12.6. The number of methoxy groups -OCH3 is 1. The monoisotopic (exact) mass is 687 g/mol. The van der Waals surface area contributed by atoms with Crippen LogP contribution in [0.25, 0.3) is 10.1 Å². The largest absolute Gasteiger partial charge is 0.383 e. The molecule has 0 saturated carbocycles. The zero-order chi connectivity index (χ0) is 33.5. The van der Waals surface area contributed by atoms with Gasteiger partial charge in [0.05, 0.1) is 11.5 Å². The highest BCUT2D eigenvalue weighted by Crippen LogP contribution is 2.53. The molecule has 0 bridgehead atoms. The molecular formula is C32H39FN5O7PS. The number of nitrogens with one attached hydrogen (secondary N) is 1. The van der Waals surface area contributed by atoms with Crippen molar-refractivity contribution < 1.29 is 37.9 Å². The Morgan fingerprint density at radius 2 is 1.98 bits per heavy atom. The molecule has 3 amide bonds. The minimum Gasteiger partial charge on any atom is -0.383 e. The van der Waals surface area contributed by atoms with E-state index in [-0.39, 0.29) is 29.3 Å². The number of fused-ring (bicyclic) bond motifs is 2. The normalized spacial score (nSPS) is 22.5. The molecule has 0 spiro atoms. The molecule has 252 valence electrons. The molecule has 0 unspecified atom stereocenters. The number of nitrogens with zero attached hydrogens (tertiary/aromatic N) is 4. The molecule has 2 aromatic heterocycles. The number of carbonyl (C=O) groups excluding carboxylic acids is 3. The fourth-order valence-corrected chi connectivity index (χ4v) is 8.45. The van der Waals surface area contributed by atoms with E-state index in [0.717, 1.165) is 48.4 Å². The lowest BCUT2D eigenvalue weighted by molar-refractivity contribution is -0.148. The first kappa shape index (κ1) is 33.5. The van der Waals surface area contributed by atoms with Gasteiger partial charge in [0.15, 0.2) is 0 Å². The highest BCUT2D eigenvalue weighted by molar-refractivity contribution is 7.51. The molecule has 0 aliphatic carbocycles. The van der Waals surface area contributed by atoms with Crippen LogP contribution in [0.4, 0.5) is 10.1 Å². The highest BCUT2D eigenvalue weighted by Gasteiger charge is 2.48. The SMILES string of the molecule is COCCN(C)c1ccncc1C1CN(C(=O)[C@@H]2CC[C@@H]3CCC[C@H](NC(=O)c4cc5cc([C@@H](F)P(=O)(O)O)ccc5s4)C(=O)N32)C1. The molecule has 6 rings (SSSR count). The molecule has 3 aromatic rings. The molecule has 4 atom stereocenters. The maximum Gasteiger partial charge on any atom is 0.363 e. The molecule has 3 fully saturated rings. The Morgan fingerprint density at radius 1 is 1.19 bits per heavy atom. The number of amides is 3. The number of halogens is 1. The number of pyridine rings is 1. The number of ether oxygens (including phenoxy) is 1. The molecule has 47 heavy (non-hydrogen) atoms. The van der Waals surface area contributed by atoms with Gasteiger partial charge in [0.1, 0.15) is 12.1 Å². The number of aromatic nitrogens is 1. The number of hydrogen-bond donors (Lipinski definition) is 3. The maximum absolute atomic E-state index is 14.3. The molecule has 3 aliphatic heterocycles. The third kappa shape index (κ3) is 6.80. The van der Waals surface area contributed by atoms with Crippen molar-refractivity contribution in [3.05, 3.63) is 58.7 Å². The van der Waals surface area contributed by atoms with Gasteiger partial charge in [0, 0.05) is 74.1 Å². The minimum atomic E-state index is -4.98. The summed E-state index contributed by atoms with van der Waals surface area (Å²) >= 11 is 1.14. The molecule has 3 saturated heterocycles. The highest BCUT2D eigenvalue weighted by atomic mass is 32.1. The fourth-order valence-electron chi connectivity index (χ4n) is 6.96. The summed E-state index contributed by atoms with van der Waals surface area (Å²) in [6.07, 6.45) is 6.87. The van der Waals surface area contributed by atoms with E-state index in [2.05, 4.69) is 15.2 Å². The van der Waals surface area contributed by atoms with E-state index in [1.807, 2.05) is 24.2 Å². The zero-order valence-electron chi connectivity index (χ0n) is 26.3. The second kappa shape index (κ2) is 13.6. The van der Waals surface area contributed by atoms with Gasteiger partial charge < -0.3 is 34.5 Å². The van der Waals surface area contributed by atoms with Crippen LogP contribution < -0.4 is 10.2 Å². The van der Waals surface area contributed by atoms with E-state index in [9.17, 15) is 33.1 Å². The Morgan fingerprint density at radius 3 is 2.72 bits per heavy atom. The molecule has 5 heterocycles. The summed E-state index contributed by atoms with van der Waals surface area (Å²) in [6, 6.07) is 6.21. The van der Waals surface area contributed by atoms with Crippen molar-refractivity contribution in [1.82, 2.24) is 20.1 Å². The summed E-state index contributed by atoms with van der Waals surface area (Å²) in [4.78, 5) is 69.8. The van der Waals surface area contributed by atoms with Gasteiger partial charge in [-0.15, -0.1) is 11.3 Å². The van der Waals surface area contributed by atoms with Gasteiger partial charge in [-0.05, 0) is 67.3 Å². The van der Waals surface area contributed by atoms with Crippen molar-refractivity contribution in [2.45, 2.75) is 62.1 Å². The third-order valence-corrected chi connectivity index (χ3v) is 11.5. The van der Waals surface area contributed by atoms with Gasteiger partial charge in [-0.2, -0.15) is 0 Å². The molecule has 1 aromatic carbocycles. The summed E-state index contributed by atoms with van der Waals surface area (Å²) in [6.45, 7) is 2.41. The third-order valence-electron chi connectivity index (χ3n) is 9.51. The first-order valence-corrected chi connectivity index (χ1v) is 18.2. The average molecular weight is 688 g/mol. The Balaban J connectivity index is 1.11. The summed E-state index contributed by atoms with van der Waals surface area (Å²) in [5.74, 6) is -3.11. The summed E-state index contributed by atoms with van der Waals surface area (Å²) in [7, 11) is -1.30. The molecule has 0 radical (unpaired) electrons. The lowest BCUT2D eigenvalue weighted by Gasteiger charge is -2.43. The molecule has 15 heteroatoms. The lowest BCUT2D eigenvalue weighted by Crippen LogP contribution is -2.58. The van der Waals surface area contributed by atoms with Crippen LogP contribution in [0.15, 0.2) is 42.7 Å². The predicted molar refractivity (Wildman–Crippen MR) is 175 cm³/mol. The summed E-state index contributed by atoms with van der Waals surface area (Å²) in [5, 5.41) is 3.34. The van der Waals surface area contributed by atoms with Crippen molar-refractivity contribution in [2.24, 2.45) is 0 Å². The maximum atomic E-state index is 14.3. The number of hydrogen-bond acceptors (Lipinski definition) is 8.